The number of nitrogens with zero attached hydrogens (tertiary/aromatic N) is 2. The van der Waals surface area contributed by atoms with Gasteiger partial charge in [-0.2, -0.15) is 4.31 Å². The molecule has 2 aliphatic rings. The average molecular weight is 336 g/mol. The normalized spacial score (nSPS) is 23.2. The van der Waals surface area contributed by atoms with Gasteiger partial charge in [0, 0.05) is 19.6 Å². The second-order valence-corrected chi connectivity index (χ2v) is 8.47. The Labute approximate surface area is 138 Å². The molecule has 0 bridgehead atoms. The van der Waals surface area contributed by atoms with Crippen LogP contribution in [0.4, 0.5) is 0 Å². The molecule has 1 saturated heterocycles. The van der Waals surface area contributed by atoms with Crippen molar-refractivity contribution < 1.29 is 13.2 Å². The molecule has 3 rings (SSSR count). The zero-order valence-corrected chi connectivity index (χ0v) is 14.4. The summed E-state index contributed by atoms with van der Waals surface area (Å²) in [4.78, 5) is 14.9. The molecular formula is C17H24N2O3S. The van der Waals surface area contributed by atoms with E-state index in [2.05, 4.69) is 0 Å². The summed E-state index contributed by atoms with van der Waals surface area (Å²) >= 11 is 0. The fourth-order valence-corrected chi connectivity index (χ4v) is 4.56. The Balaban J connectivity index is 1.89. The number of hydrogen-bond donors (Lipinski definition) is 0. The van der Waals surface area contributed by atoms with Gasteiger partial charge >= 0.3 is 0 Å². The van der Waals surface area contributed by atoms with Crippen molar-refractivity contribution in [2.45, 2.75) is 44.7 Å². The molecule has 1 fully saturated rings. The minimum Gasteiger partial charge on any atom is -0.341 e. The molecule has 1 aromatic rings. The first-order valence-corrected chi connectivity index (χ1v) is 10.1. The Bertz CT molecular complexity index is 679. The van der Waals surface area contributed by atoms with E-state index in [0.717, 1.165) is 49.9 Å². The molecule has 2 aliphatic heterocycles. The van der Waals surface area contributed by atoms with Crippen LogP contribution in [0.1, 0.15) is 36.8 Å². The van der Waals surface area contributed by atoms with Crippen molar-refractivity contribution in [2.75, 3.05) is 19.3 Å². The summed E-state index contributed by atoms with van der Waals surface area (Å²) in [5.41, 5.74) is 2.08. The summed E-state index contributed by atoms with van der Waals surface area (Å²) in [6.07, 6.45) is 5.98. The summed E-state index contributed by atoms with van der Waals surface area (Å²) in [5, 5.41) is 0. The Morgan fingerprint density at radius 3 is 2.26 bits per heavy atom. The van der Waals surface area contributed by atoms with Crippen molar-refractivity contribution in [3.63, 3.8) is 0 Å². The Morgan fingerprint density at radius 2 is 1.65 bits per heavy atom. The van der Waals surface area contributed by atoms with Crippen LogP contribution in [0, 0.1) is 0 Å². The van der Waals surface area contributed by atoms with Crippen LogP contribution in [0.3, 0.4) is 0 Å². The van der Waals surface area contributed by atoms with Crippen LogP contribution >= 0.6 is 0 Å². The lowest BCUT2D eigenvalue weighted by molar-refractivity contribution is -0.135. The Kier molecular flexibility index (Phi) is 4.73. The lowest BCUT2D eigenvalue weighted by Crippen LogP contribution is -2.53. The third-order valence-corrected chi connectivity index (χ3v) is 6.07. The van der Waals surface area contributed by atoms with Crippen molar-refractivity contribution >= 4 is 15.9 Å². The van der Waals surface area contributed by atoms with Crippen LogP contribution in [-0.2, 0) is 27.8 Å². The van der Waals surface area contributed by atoms with E-state index in [1.807, 2.05) is 29.2 Å². The first-order valence-electron chi connectivity index (χ1n) is 8.29. The number of carbonyl (C=O) groups is 1. The average Bonchev–Trinajstić information content (AvgIpc) is 2.81. The van der Waals surface area contributed by atoms with Crippen LogP contribution in [0.5, 0.6) is 0 Å². The quantitative estimate of drug-likeness (QED) is 0.827. The third kappa shape index (κ3) is 3.58. The summed E-state index contributed by atoms with van der Waals surface area (Å²) in [7, 11) is -3.42. The molecule has 0 N–H and O–H groups in total. The monoisotopic (exact) mass is 336 g/mol. The largest absolute Gasteiger partial charge is 0.341 e. The van der Waals surface area contributed by atoms with Crippen LogP contribution < -0.4 is 0 Å². The Morgan fingerprint density at radius 1 is 1.04 bits per heavy atom. The lowest BCUT2D eigenvalue weighted by atomic mass is 9.95. The zero-order valence-electron chi connectivity index (χ0n) is 13.6. The van der Waals surface area contributed by atoms with Crippen LogP contribution in [0.25, 0.3) is 0 Å². The maximum Gasteiger partial charge on any atom is 0.241 e. The topological polar surface area (TPSA) is 57.7 Å². The fourth-order valence-electron chi connectivity index (χ4n) is 3.56. The summed E-state index contributed by atoms with van der Waals surface area (Å²) < 4.78 is 25.8. The molecule has 6 heteroatoms. The lowest BCUT2D eigenvalue weighted by Gasteiger charge is -2.36. The van der Waals surface area contributed by atoms with Gasteiger partial charge in [0.25, 0.3) is 0 Å². The molecule has 2 heterocycles. The molecule has 23 heavy (non-hydrogen) atoms. The molecule has 0 unspecified atom stereocenters. The Hall–Kier alpha value is -1.40. The van der Waals surface area contributed by atoms with Crippen LogP contribution in [-0.4, -0.2) is 48.9 Å². The van der Waals surface area contributed by atoms with Crippen LogP contribution in [0.15, 0.2) is 24.3 Å². The SMILES string of the molecule is CS(=O)(=O)N1Cc2ccccc2C[C@@H]1C(=O)N1CCCCCC1. The van der Waals surface area contributed by atoms with E-state index < -0.39 is 16.1 Å². The van der Waals surface area contributed by atoms with Crippen LogP contribution in [0.2, 0.25) is 0 Å². The highest BCUT2D eigenvalue weighted by atomic mass is 32.2. The van der Waals surface area contributed by atoms with Crippen molar-refractivity contribution in [1.29, 1.82) is 0 Å². The highest BCUT2D eigenvalue weighted by molar-refractivity contribution is 7.88. The molecule has 126 valence electrons. The fraction of sp³-hybridized carbons (Fsp3) is 0.588. The standard InChI is InChI=1S/C17H24N2O3S/c1-23(21,22)19-13-15-9-5-4-8-14(15)12-16(19)17(20)18-10-6-2-3-7-11-18/h4-5,8-9,16H,2-3,6-7,10-13H2,1H3/t16-/m1/s1. The van der Waals surface area contributed by atoms with Gasteiger partial charge in [-0.3, -0.25) is 4.79 Å². The number of likely N-dealkylation sites (tertiary alicyclic amines) is 1. The van der Waals surface area contributed by atoms with Gasteiger partial charge in [0.1, 0.15) is 6.04 Å². The van der Waals surface area contributed by atoms with E-state index in [1.165, 1.54) is 10.6 Å². The number of rotatable bonds is 2. The van der Waals surface area contributed by atoms with Gasteiger partial charge in [0.2, 0.25) is 15.9 Å². The minimum absolute atomic E-state index is 0.0353. The maximum absolute atomic E-state index is 13.0. The molecule has 0 spiro atoms. The first-order chi connectivity index (χ1) is 11.0. The van der Waals surface area contributed by atoms with E-state index >= 15 is 0 Å². The second kappa shape index (κ2) is 6.61. The van der Waals surface area contributed by atoms with E-state index in [4.69, 9.17) is 0 Å². The third-order valence-electron chi connectivity index (χ3n) is 4.83. The van der Waals surface area contributed by atoms with Crippen molar-refractivity contribution in [3.8, 4) is 0 Å². The predicted molar refractivity (Wildman–Crippen MR) is 89.4 cm³/mol. The van der Waals surface area contributed by atoms with Gasteiger partial charge < -0.3 is 4.90 Å². The summed E-state index contributed by atoms with van der Waals surface area (Å²) in [6, 6.07) is 7.20. The number of amides is 1. The summed E-state index contributed by atoms with van der Waals surface area (Å²) in [6.45, 7) is 1.78. The smallest absolute Gasteiger partial charge is 0.241 e. The van der Waals surface area contributed by atoms with Gasteiger partial charge in [-0.1, -0.05) is 37.1 Å². The van der Waals surface area contributed by atoms with Gasteiger partial charge in [0.15, 0.2) is 0 Å². The van der Waals surface area contributed by atoms with E-state index in [-0.39, 0.29) is 5.91 Å². The molecule has 0 aliphatic carbocycles. The number of fused-ring (bicyclic) bond motifs is 1. The number of hydrogen-bond acceptors (Lipinski definition) is 3. The van der Waals surface area contributed by atoms with Crippen molar-refractivity contribution in [1.82, 2.24) is 9.21 Å². The van der Waals surface area contributed by atoms with E-state index in [9.17, 15) is 13.2 Å². The number of sulfonamides is 1. The second-order valence-electron chi connectivity index (χ2n) is 6.54. The van der Waals surface area contributed by atoms with Crippen molar-refractivity contribution in [3.05, 3.63) is 35.4 Å². The van der Waals surface area contributed by atoms with E-state index in [0.29, 0.717) is 13.0 Å². The predicted octanol–water partition coefficient (Wildman–Crippen LogP) is 1.78. The highest BCUT2D eigenvalue weighted by Gasteiger charge is 2.38. The van der Waals surface area contributed by atoms with E-state index in [1.54, 1.807) is 0 Å². The van der Waals surface area contributed by atoms with Gasteiger partial charge in [-0.05, 0) is 30.4 Å². The van der Waals surface area contributed by atoms with Gasteiger partial charge in [-0.25, -0.2) is 8.42 Å². The van der Waals surface area contributed by atoms with Gasteiger partial charge in [-0.15, -0.1) is 0 Å². The molecular weight excluding hydrogens is 312 g/mol. The molecule has 0 radical (unpaired) electrons. The number of benzene rings is 1. The number of carbonyl (C=O) groups excluding carboxylic acids is 1. The molecule has 1 atom stereocenters. The molecule has 1 amide bonds. The molecule has 1 aromatic carbocycles. The first kappa shape index (κ1) is 16.5. The molecule has 0 aromatic heterocycles. The molecule has 5 nitrogen and oxygen atoms in total. The minimum atomic E-state index is -3.42. The molecule has 0 saturated carbocycles. The zero-order chi connectivity index (χ0) is 16.4. The van der Waals surface area contributed by atoms with Gasteiger partial charge in [0.05, 0.1) is 6.26 Å². The summed E-state index contributed by atoms with van der Waals surface area (Å²) in [5.74, 6) is -0.0353. The maximum atomic E-state index is 13.0. The highest BCUT2D eigenvalue weighted by Crippen LogP contribution is 2.27. The van der Waals surface area contributed by atoms with Crippen molar-refractivity contribution in [2.24, 2.45) is 0 Å².